The van der Waals surface area contributed by atoms with Crippen LogP contribution in [0.3, 0.4) is 0 Å². The molecule has 0 aliphatic rings. The van der Waals surface area contributed by atoms with Crippen LogP contribution in [0, 0.1) is 5.92 Å². The second-order valence-electron chi connectivity index (χ2n) is 5.32. The maximum Gasteiger partial charge on any atom is 0.237 e. The van der Waals surface area contributed by atoms with Crippen LogP contribution in [-0.2, 0) is 11.2 Å². The van der Waals surface area contributed by atoms with E-state index in [0.29, 0.717) is 18.8 Å². The van der Waals surface area contributed by atoms with E-state index in [9.17, 15) is 9.90 Å². The van der Waals surface area contributed by atoms with E-state index in [0.717, 1.165) is 5.56 Å². The average Bonchev–Trinajstić information content (AvgIpc) is 2.36. The summed E-state index contributed by atoms with van der Waals surface area (Å²) in [5.41, 5.74) is 6.88. The third-order valence-corrected chi connectivity index (χ3v) is 2.89. The van der Waals surface area contributed by atoms with Gasteiger partial charge in [-0.05, 0) is 24.3 Å². The molecular weight excluding hydrogens is 240 g/mol. The Morgan fingerprint density at radius 3 is 2.53 bits per heavy atom. The van der Waals surface area contributed by atoms with Crippen molar-refractivity contribution in [3.05, 3.63) is 35.9 Å². The molecule has 2 atom stereocenters. The molecular formula is C15H24N2O2. The molecule has 0 radical (unpaired) electrons. The topological polar surface area (TPSA) is 75.3 Å². The molecule has 0 heterocycles. The number of hydrogen-bond acceptors (Lipinski definition) is 3. The highest BCUT2D eigenvalue weighted by Crippen LogP contribution is 2.04. The molecule has 1 aromatic carbocycles. The average molecular weight is 264 g/mol. The molecule has 0 saturated heterocycles. The minimum absolute atomic E-state index is 0.216. The smallest absolute Gasteiger partial charge is 0.237 e. The second kappa shape index (κ2) is 7.92. The summed E-state index contributed by atoms with van der Waals surface area (Å²) in [6, 6.07) is 9.09. The Labute approximate surface area is 115 Å². The summed E-state index contributed by atoms with van der Waals surface area (Å²) in [5.74, 6) is 0.191. The Balaban J connectivity index is 2.33. The van der Waals surface area contributed by atoms with E-state index in [1.165, 1.54) is 0 Å². The first-order valence-corrected chi connectivity index (χ1v) is 6.74. The number of aliphatic hydroxyl groups excluding tert-OH is 1. The van der Waals surface area contributed by atoms with Crippen molar-refractivity contribution in [1.29, 1.82) is 0 Å². The predicted octanol–water partition coefficient (Wildman–Crippen LogP) is 1.08. The summed E-state index contributed by atoms with van der Waals surface area (Å²) in [7, 11) is 0. The lowest BCUT2D eigenvalue weighted by molar-refractivity contribution is -0.122. The number of rotatable bonds is 7. The van der Waals surface area contributed by atoms with Crippen molar-refractivity contribution in [2.24, 2.45) is 11.7 Å². The first-order chi connectivity index (χ1) is 8.99. The van der Waals surface area contributed by atoms with Crippen LogP contribution in [0.5, 0.6) is 0 Å². The fraction of sp³-hybridized carbons (Fsp3) is 0.533. The molecule has 4 N–H and O–H groups in total. The monoisotopic (exact) mass is 264 g/mol. The van der Waals surface area contributed by atoms with Crippen LogP contribution >= 0.6 is 0 Å². The van der Waals surface area contributed by atoms with E-state index < -0.39 is 12.1 Å². The molecule has 1 unspecified atom stereocenters. The van der Waals surface area contributed by atoms with Crippen LogP contribution < -0.4 is 11.1 Å². The van der Waals surface area contributed by atoms with E-state index in [-0.39, 0.29) is 12.5 Å². The van der Waals surface area contributed by atoms with Crippen molar-refractivity contribution >= 4 is 5.91 Å². The Bertz CT molecular complexity index is 379. The Hall–Kier alpha value is -1.39. The first kappa shape index (κ1) is 15.7. The molecule has 0 aliphatic heterocycles. The van der Waals surface area contributed by atoms with E-state index in [2.05, 4.69) is 5.32 Å². The van der Waals surface area contributed by atoms with Gasteiger partial charge in [0.1, 0.15) is 0 Å². The maximum atomic E-state index is 11.8. The number of nitrogens with two attached hydrogens (primary N) is 1. The van der Waals surface area contributed by atoms with Crippen molar-refractivity contribution in [2.45, 2.75) is 38.8 Å². The number of amides is 1. The van der Waals surface area contributed by atoms with Crippen LogP contribution in [0.25, 0.3) is 0 Å². The van der Waals surface area contributed by atoms with Crippen LogP contribution in [0.15, 0.2) is 30.3 Å². The number of aliphatic hydroxyl groups is 1. The van der Waals surface area contributed by atoms with Crippen LogP contribution in [0.1, 0.15) is 25.8 Å². The molecule has 1 rings (SSSR count). The van der Waals surface area contributed by atoms with Crippen molar-refractivity contribution in [2.75, 3.05) is 6.54 Å². The van der Waals surface area contributed by atoms with Crippen molar-refractivity contribution in [3.8, 4) is 0 Å². The lowest BCUT2D eigenvalue weighted by Gasteiger charge is -2.16. The molecule has 0 aromatic heterocycles. The number of nitrogens with one attached hydrogen (secondary N) is 1. The normalized spacial score (nSPS) is 14.2. The largest absolute Gasteiger partial charge is 0.391 e. The zero-order valence-corrected chi connectivity index (χ0v) is 11.7. The molecule has 106 valence electrons. The zero-order valence-electron chi connectivity index (χ0n) is 11.7. The Morgan fingerprint density at radius 1 is 1.32 bits per heavy atom. The van der Waals surface area contributed by atoms with Gasteiger partial charge in [0.15, 0.2) is 0 Å². The molecule has 0 saturated carbocycles. The lowest BCUT2D eigenvalue weighted by Crippen LogP contribution is -2.44. The van der Waals surface area contributed by atoms with E-state index in [1.807, 2.05) is 44.2 Å². The maximum absolute atomic E-state index is 11.8. The van der Waals surface area contributed by atoms with Crippen molar-refractivity contribution in [1.82, 2.24) is 5.32 Å². The highest BCUT2D eigenvalue weighted by atomic mass is 16.3. The van der Waals surface area contributed by atoms with Crippen LogP contribution in [0.2, 0.25) is 0 Å². The molecule has 1 amide bonds. The van der Waals surface area contributed by atoms with Gasteiger partial charge in [-0.25, -0.2) is 0 Å². The minimum Gasteiger partial charge on any atom is -0.391 e. The fourth-order valence-corrected chi connectivity index (χ4v) is 1.94. The summed E-state index contributed by atoms with van der Waals surface area (Å²) in [5, 5.41) is 12.4. The zero-order chi connectivity index (χ0) is 14.3. The molecule has 0 bridgehead atoms. The Kier molecular flexibility index (Phi) is 6.53. The second-order valence-corrected chi connectivity index (χ2v) is 5.32. The van der Waals surface area contributed by atoms with E-state index in [1.54, 1.807) is 0 Å². The third-order valence-electron chi connectivity index (χ3n) is 2.89. The van der Waals surface area contributed by atoms with Crippen molar-refractivity contribution in [3.63, 3.8) is 0 Å². The quantitative estimate of drug-likeness (QED) is 0.690. The summed E-state index contributed by atoms with van der Waals surface area (Å²) < 4.78 is 0. The highest BCUT2D eigenvalue weighted by Gasteiger charge is 2.15. The first-order valence-electron chi connectivity index (χ1n) is 6.74. The molecule has 1 aromatic rings. The summed E-state index contributed by atoms with van der Waals surface area (Å²) in [6.45, 7) is 4.33. The van der Waals surface area contributed by atoms with E-state index >= 15 is 0 Å². The Morgan fingerprint density at radius 2 is 1.95 bits per heavy atom. The number of carbonyl (C=O) groups is 1. The number of carbonyl (C=O) groups excluding carboxylic acids is 1. The molecule has 4 heteroatoms. The molecule has 0 spiro atoms. The van der Waals surface area contributed by atoms with Gasteiger partial charge in [-0.1, -0.05) is 44.2 Å². The van der Waals surface area contributed by atoms with Gasteiger partial charge in [0.2, 0.25) is 5.91 Å². The standard InChI is InChI=1S/C15H24N2O2/c1-11(2)8-13(18)10-17-15(19)14(16)9-12-6-4-3-5-7-12/h3-7,11,13-14,18H,8-10,16H2,1-2H3,(H,17,19)/t13?,14-/m0/s1. The van der Waals surface area contributed by atoms with Gasteiger partial charge in [0, 0.05) is 6.54 Å². The SMILES string of the molecule is CC(C)CC(O)CNC(=O)[C@@H](N)Cc1ccccc1. The predicted molar refractivity (Wildman–Crippen MR) is 76.6 cm³/mol. The van der Waals surface area contributed by atoms with Gasteiger partial charge in [-0.3, -0.25) is 4.79 Å². The van der Waals surface area contributed by atoms with Gasteiger partial charge < -0.3 is 16.2 Å². The third kappa shape index (κ3) is 6.36. The molecule has 0 aliphatic carbocycles. The van der Waals surface area contributed by atoms with Crippen LogP contribution in [-0.4, -0.2) is 29.7 Å². The van der Waals surface area contributed by atoms with Gasteiger partial charge >= 0.3 is 0 Å². The van der Waals surface area contributed by atoms with Gasteiger partial charge in [0.25, 0.3) is 0 Å². The molecule has 4 nitrogen and oxygen atoms in total. The van der Waals surface area contributed by atoms with Crippen LogP contribution in [0.4, 0.5) is 0 Å². The van der Waals surface area contributed by atoms with Crippen molar-refractivity contribution < 1.29 is 9.90 Å². The minimum atomic E-state index is -0.575. The van der Waals surface area contributed by atoms with Gasteiger partial charge in [-0.15, -0.1) is 0 Å². The van der Waals surface area contributed by atoms with Gasteiger partial charge in [0.05, 0.1) is 12.1 Å². The highest BCUT2D eigenvalue weighted by molar-refractivity contribution is 5.81. The molecule has 19 heavy (non-hydrogen) atoms. The summed E-state index contributed by atoms with van der Waals surface area (Å²) in [6.07, 6.45) is 0.675. The lowest BCUT2D eigenvalue weighted by atomic mass is 10.0. The summed E-state index contributed by atoms with van der Waals surface area (Å²) >= 11 is 0. The summed E-state index contributed by atoms with van der Waals surface area (Å²) in [4.78, 5) is 11.8. The number of hydrogen-bond donors (Lipinski definition) is 3. The fourth-order valence-electron chi connectivity index (χ4n) is 1.94. The molecule has 0 fully saturated rings. The number of benzene rings is 1. The van der Waals surface area contributed by atoms with E-state index in [4.69, 9.17) is 5.73 Å². The van der Waals surface area contributed by atoms with Gasteiger partial charge in [-0.2, -0.15) is 0 Å².